The standard InChI is InChI=1S/C19H23N3O6S/c1-12(23)21-14-6-7-16(22-29(4,25)26)15(10-14)19(24)20-11-13-5-8-17(27-2)18(9-13)28-3/h5-10,22H,11H2,1-4H3,(H,20,24)(H,21,23). The normalized spacial score (nSPS) is 10.8. The zero-order valence-corrected chi connectivity index (χ0v) is 17.3. The van der Waals surface area contributed by atoms with Crippen LogP contribution >= 0.6 is 0 Å². The Labute approximate surface area is 169 Å². The highest BCUT2D eigenvalue weighted by Crippen LogP contribution is 2.27. The number of anilines is 2. The second-order valence-electron chi connectivity index (χ2n) is 6.19. The first-order chi connectivity index (χ1) is 13.6. The Balaban J connectivity index is 2.26. The fourth-order valence-electron chi connectivity index (χ4n) is 2.57. The Kier molecular flexibility index (Phi) is 7.05. The van der Waals surface area contributed by atoms with Gasteiger partial charge in [0.2, 0.25) is 15.9 Å². The van der Waals surface area contributed by atoms with Crippen LogP contribution in [0.2, 0.25) is 0 Å². The lowest BCUT2D eigenvalue weighted by molar-refractivity contribution is -0.114. The number of carbonyl (C=O) groups excluding carboxylic acids is 2. The quantitative estimate of drug-likeness (QED) is 0.599. The topological polar surface area (TPSA) is 123 Å². The smallest absolute Gasteiger partial charge is 0.253 e. The zero-order chi connectivity index (χ0) is 21.6. The van der Waals surface area contributed by atoms with Crippen LogP contribution < -0.4 is 24.8 Å². The van der Waals surface area contributed by atoms with Crippen molar-refractivity contribution in [2.45, 2.75) is 13.5 Å². The first-order valence-electron chi connectivity index (χ1n) is 8.51. The molecule has 3 N–H and O–H groups in total. The molecule has 29 heavy (non-hydrogen) atoms. The van der Waals surface area contributed by atoms with E-state index in [-0.39, 0.29) is 23.7 Å². The summed E-state index contributed by atoms with van der Waals surface area (Å²) in [6.07, 6.45) is 0.986. The minimum absolute atomic E-state index is 0.0714. The molecule has 0 saturated heterocycles. The fraction of sp³-hybridized carbons (Fsp3) is 0.263. The number of nitrogens with one attached hydrogen (secondary N) is 3. The summed E-state index contributed by atoms with van der Waals surface area (Å²) < 4.78 is 35.9. The number of hydrogen-bond acceptors (Lipinski definition) is 6. The Morgan fingerprint density at radius 3 is 2.28 bits per heavy atom. The van der Waals surface area contributed by atoms with Crippen molar-refractivity contribution in [2.24, 2.45) is 0 Å². The maximum atomic E-state index is 12.7. The molecule has 0 aromatic heterocycles. The molecule has 0 bridgehead atoms. The first-order valence-corrected chi connectivity index (χ1v) is 10.4. The summed E-state index contributed by atoms with van der Waals surface area (Å²) in [7, 11) is -0.564. The number of amides is 2. The molecule has 0 atom stereocenters. The Morgan fingerprint density at radius 1 is 1.00 bits per heavy atom. The molecule has 2 aromatic rings. The van der Waals surface area contributed by atoms with Crippen LogP contribution in [0.3, 0.4) is 0 Å². The van der Waals surface area contributed by atoms with Gasteiger partial charge in [0.05, 0.1) is 31.7 Å². The Hall–Kier alpha value is -3.27. The van der Waals surface area contributed by atoms with Crippen molar-refractivity contribution in [3.8, 4) is 11.5 Å². The van der Waals surface area contributed by atoms with Crippen molar-refractivity contribution in [1.82, 2.24) is 5.32 Å². The highest BCUT2D eigenvalue weighted by molar-refractivity contribution is 7.92. The van der Waals surface area contributed by atoms with Crippen LogP contribution in [-0.4, -0.2) is 40.7 Å². The predicted octanol–water partition coefficient (Wildman–Crippen LogP) is 1.96. The molecule has 2 aromatic carbocycles. The predicted molar refractivity (Wildman–Crippen MR) is 110 cm³/mol. The van der Waals surface area contributed by atoms with E-state index >= 15 is 0 Å². The number of hydrogen-bond donors (Lipinski definition) is 3. The van der Waals surface area contributed by atoms with Gasteiger partial charge in [-0.3, -0.25) is 14.3 Å². The summed E-state index contributed by atoms with van der Waals surface area (Å²) in [5.74, 6) is 0.250. The molecule has 0 saturated carbocycles. The minimum atomic E-state index is -3.60. The second-order valence-corrected chi connectivity index (χ2v) is 7.94. The SMILES string of the molecule is COc1ccc(CNC(=O)c2cc(NC(C)=O)ccc2NS(C)(=O)=O)cc1OC. The maximum absolute atomic E-state index is 12.7. The van der Waals surface area contributed by atoms with Gasteiger partial charge in [0.1, 0.15) is 0 Å². The average Bonchev–Trinajstić information content (AvgIpc) is 2.65. The van der Waals surface area contributed by atoms with Crippen molar-refractivity contribution < 1.29 is 27.5 Å². The molecule has 0 aliphatic rings. The van der Waals surface area contributed by atoms with Gasteiger partial charge >= 0.3 is 0 Å². The average molecular weight is 421 g/mol. The van der Waals surface area contributed by atoms with Gasteiger partial charge in [-0.2, -0.15) is 0 Å². The molecular weight excluding hydrogens is 398 g/mol. The molecule has 0 aliphatic carbocycles. The molecule has 156 valence electrons. The third-order valence-corrected chi connectivity index (χ3v) is 4.37. The van der Waals surface area contributed by atoms with E-state index in [2.05, 4.69) is 15.4 Å². The molecule has 0 fully saturated rings. The molecule has 2 rings (SSSR count). The summed E-state index contributed by atoms with van der Waals surface area (Å²) >= 11 is 0. The van der Waals surface area contributed by atoms with Crippen LogP contribution in [0.4, 0.5) is 11.4 Å². The highest BCUT2D eigenvalue weighted by atomic mass is 32.2. The molecule has 2 amide bonds. The fourth-order valence-corrected chi connectivity index (χ4v) is 3.15. The Morgan fingerprint density at radius 2 is 1.69 bits per heavy atom. The molecule has 0 unspecified atom stereocenters. The van der Waals surface area contributed by atoms with Crippen LogP contribution in [0, 0.1) is 0 Å². The molecule has 10 heteroatoms. The van der Waals surface area contributed by atoms with E-state index in [9.17, 15) is 18.0 Å². The number of methoxy groups -OCH3 is 2. The van der Waals surface area contributed by atoms with Crippen molar-refractivity contribution in [2.75, 3.05) is 30.5 Å². The van der Waals surface area contributed by atoms with Crippen LogP contribution in [-0.2, 0) is 21.4 Å². The third-order valence-electron chi connectivity index (χ3n) is 3.78. The van der Waals surface area contributed by atoms with Gasteiger partial charge in [-0.15, -0.1) is 0 Å². The molecule has 0 aliphatic heterocycles. The van der Waals surface area contributed by atoms with Gasteiger partial charge in [0, 0.05) is 19.2 Å². The second kappa shape index (κ2) is 9.28. The molecule has 9 nitrogen and oxygen atoms in total. The number of rotatable bonds is 8. The number of sulfonamides is 1. The highest BCUT2D eigenvalue weighted by Gasteiger charge is 2.16. The van der Waals surface area contributed by atoms with Gasteiger partial charge in [0.15, 0.2) is 11.5 Å². The molecule has 0 spiro atoms. The molecule has 0 heterocycles. The van der Waals surface area contributed by atoms with Gasteiger partial charge in [-0.05, 0) is 35.9 Å². The summed E-state index contributed by atoms with van der Waals surface area (Å²) in [6, 6.07) is 9.53. The van der Waals surface area contributed by atoms with Gasteiger partial charge in [-0.25, -0.2) is 8.42 Å². The van der Waals surface area contributed by atoms with Crippen LogP contribution in [0.1, 0.15) is 22.8 Å². The van der Waals surface area contributed by atoms with E-state index in [4.69, 9.17) is 9.47 Å². The maximum Gasteiger partial charge on any atom is 0.253 e. The lowest BCUT2D eigenvalue weighted by Gasteiger charge is -2.14. The van der Waals surface area contributed by atoms with Crippen LogP contribution in [0.25, 0.3) is 0 Å². The number of benzene rings is 2. The van der Waals surface area contributed by atoms with Gasteiger partial charge in [-0.1, -0.05) is 6.07 Å². The lowest BCUT2D eigenvalue weighted by atomic mass is 10.1. The number of ether oxygens (including phenoxy) is 2. The zero-order valence-electron chi connectivity index (χ0n) is 16.5. The van der Waals surface area contributed by atoms with E-state index in [1.54, 1.807) is 18.2 Å². The largest absolute Gasteiger partial charge is 0.493 e. The van der Waals surface area contributed by atoms with E-state index in [1.807, 2.05) is 0 Å². The molecular formula is C19H23N3O6S. The minimum Gasteiger partial charge on any atom is -0.493 e. The van der Waals surface area contributed by atoms with E-state index in [0.717, 1.165) is 11.8 Å². The van der Waals surface area contributed by atoms with Gasteiger partial charge in [0.25, 0.3) is 5.91 Å². The van der Waals surface area contributed by atoms with E-state index < -0.39 is 15.9 Å². The third kappa shape index (κ3) is 6.39. The Bertz CT molecular complexity index is 1020. The summed E-state index contributed by atoms with van der Waals surface area (Å²) in [6.45, 7) is 1.50. The monoisotopic (exact) mass is 421 g/mol. The number of carbonyl (C=O) groups is 2. The van der Waals surface area contributed by atoms with Crippen LogP contribution in [0.5, 0.6) is 11.5 Å². The van der Waals surface area contributed by atoms with Crippen molar-refractivity contribution in [3.63, 3.8) is 0 Å². The summed E-state index contributed by atoms with van der Waals surface area (Å²) in [5, 5.41) is 5.29. The van der Waals surface area contributed by atoms with Crippen LogP contribution in [0.15, 0.2) is 36.4 Å². The lowest BCUT2D eigenvalue weighted by Crippen LogP contribution is -2.25. The van der Waals surface area contributed by atoms with E-state index in [1.165, 1.54) is 39.3 Å². The summed E-state index contributed by atoms with van der Waals surface area (Å²) in [4.78, 5) is 24.0. The van der Waals surface area contributed by atoms with Gasteiger partial charge < -0.3 is 20.1 Å². The van der Waals surface area contributed by atoms with Crippen molar-refractivity contribution >= 4 is 33.2 Å². The summed E-state index contributed by atoms with van der Waals surface area (Å²) in [5.41, 5.74) is 1.30. The van der Waals surface area contributed by atoms with Crippen molar-refractivity contribution in [1.29, 1.82) is 0 Å². The van der Waals surface area contributed by atoms with Crippen molar-refractivity contribution in [3.05, 3.63) is 47.5 Å². The van der Waals surface area contributed by atoms with E-state index in [0.29, 0.717) is 17.2 Å². The molecule has 0 radical (unpaired) electrons. The first kappa shape index (κ1) is 22.0.